The van der Waals surface area contributed by atoms with Gasteiger partial charge in [-0.05, 0) is 18.6 Å². The number of hydrogen-bond donors (Lipinski definition) is 2. The van der Waals surface area contributed by atoms with Crippen LogP contribution in [0.2, 0.25) is 5.02 Å². The Morgan fingerprint density at radius 2 is 2.00 bits per heavy atom. The second-order valence-corrected chi connectivity index (χ2v) is 5.33. The summed E-state index contributed by atoms with van der Waals surface area (Å²) >= 11 is 6.29. The van der Waals surface area contributed by atoms with Crippen molar-refractivity contribution < 1.29 is 5.11 Å². The minimum Gasteiger partial charge on any atom is -0.394 e. The Kier molecular flexibility index (Phi) is 5.93. The third-order valence-corrected chi connectivity index (χ3v) is 3.35. The van der Waals surface area contributed by atoms with Crippen molar-refractivity contribution in [3.8, 4) is 0 Å². The standard InChI is InChI=1S/C14H23ClN2O/c1-10(2)16-8-12-6-5-7-13(15)14(12)17(4)11(3)9-18/h5-7,10-11,16,18H,8-9H2,1-4H3. The molecule has 1 aromatic carbocycles. The molecular formula is C14H23ClN2O. The Hall–Kier alpha value is -0.770. The fraction of sp³-hybridized carbons (Fsp3) is 0.571. The van der Waals surface area contributed by atoms with E-state index in [1.165, 1.54) is 0 Å². The van der Waals surface area contributed by atoms with Crippen molar-refractivity contribution in [2.24, 2.45) is 0 Å². The average Bonchev–Trinajstić information content (AvgIpc) is 2.34. The van der Waals surface area contributed by atoms with Gasteiger partial charge in [-0.25, -0.2) is 0 Å². The summed E-state index contributed by atoms with van der Waals surface area (Å²) in [6, 6.07) is 6.38. The van der Waals surface area contributed by atoms with Gasteiger partial charge >= 0.3 is 0 Å². The molecule has 0 aliphatic rings. The highest BCUT2D eigenvalue weighted by Gasteiger charge is 2.16. The van der Waals surface area contributed by atoms with Crippen LogP contribution >= 0.6 is 11.6 Å². The lowest BCUT2D eigenvalue weighted by Gasteiger charge is -2.29. The predicted octanol–water partition coefficient (Wildman–Crippen LogP) is 2.66. The molecule has 0 aliphatic carbocycles. The van der Waals surface area contributed by atoms with E-state index in [1.54, 1.807) is 0 Å². The Labute approximate surface area is 115 Å². The summed E-state index contributed by atoms with van der Waals surface area (Å²) in [7, 11) is 1.96. The SMILES string of the molecule is CC(C)NCc1cccc(Cl)c1N(C)C(C)CO. The first-order valence-corrected chi connectivity index (χ1v) is 6.69. The molecule has 1 rings (SSSR count). The zero-order chi connectivity index (χ0) is 13.7. The van der Waals surface area contributed by atoms with Gasteiger partial charge in [0.2, 0.25) is 0 Å². The van der Waals surface area contributed by atoms with Crippen LogP contribution in [-0.4, -0.2) is 30.8 Å². The summed E-state index contributed by atoms with van der Waals surface area (Å²) in [6.07, 6.45) is 0. The van der Waals surface area contributed by atoms with Crippen molar-refractivity contribution in [2.75, 3.05) is 18.6 Å². The highest BCUT2D eigenvalue weighted by atomic mass is 35.5. The quantitative estimate of drug-likeness (QED) is 0.834. The normalized spacial score (nSPS) is 12.8. The zero-order valence-corrected chi connectivity index (χ0v) is 12.3. The molecule has 0 radical (unpaired) electrons. The zero-order valence-electron chi connectivity index (χ0n) is 11.6. The van der Waals surface area contributed by atoms with E-state index in [-0.39, 0.29) is 12.6 Å². The summed E-state index contributed by atoms with van der Waals surface area (Å²) in [5.41, 5.74) is 2.15. The second-order valence-electron chi connectivity index (χ2n) is 4.93. The third kappa shape index (κ3) is 3.87. The Bertz CT molecular complexity index is 382. The van der Waals surface area contributed by atoms with E-state index in [0.29, 0.717) is 6.04 Å². The summed E-state index contributed by atoms with van der Waals surface area (Å²) in [4.78, 5) is 2.03. The van der Waals surface area contributed by atoms with Gasteiger partial charge in [0, 0.05) is 25.7 Å². The van der Waals surface area contributed by atoms with E-state index in [4.69, 9.17) is 11.6 Å². The molecule has 1 aromatic rings. The maximum absolute atomic E-state index is 9.27. The molecule has 18 heavy (non-hydrogen) atoms. The molecule has 3 nitrogen and oxygen atoms in total. The monoisotopic (exact) mass is 270 g/mol. The van der Waals surface area contributed by atoms with Gasteiger partial charge in [-0.15, -0.1) is 0 Å². The van der Waals surface area contributed by atoms with Gasteiger partial charge in [0.25, 0.3) is 0 Å². The van der Waals surface area contributed by atoms with Crippen molar-refractivity contribution >= 4 is 17.3 Å². The number of rotatable bonds is 6. The van der Waals surface area contributed by atoms with E-state index < -0.39 is 0 Å². The van der Waals surface area contributed by atoms with E-state index >= 15 is 0 Å². The van der Waals surface area contributed by atoms with Crippen LogP contribution < -0.4 is 10.2 Å². The van der Waals surface area contributed by atoms with E-state index in [0.717, 1.165) is 22.8 Å². The fourth-order valence-corrected chi connectivity index (χ4v) is 2.08. The Morgan fingerprint density at radius 1 is 1.33 bits per heavy atom. The van der Waals surface area contributed by atoms with Crippen LogP contribution in [0.1, 0.15) is 26.3 Å². The highest BCUT2D eigenvalue weighted by Crippen LogP contribution is 2.30. The van der Waals surface area contributed by atoms with Crippen molar-refractivity contribution in [3.63, 3.8) is 0 Å². The molecule has 0 saturated carbocycles. The van der Waals surface area contributed by atoms with Gasteiger partial charge in [-0.2, -0.15) is 0 Å². The molecule has 0 fully saturated rings. The molecule has 0 heterocycles. The first-order chi connectivity index (χ1) is 8.47. The molecule has 1 atom stereocenters. The first-order valence-electron chi connectivity index (χ1n) is 6.31. The molecule has 1 unspecified atom stereocenters. The molecular weight excluding hydrogens is 248 g/mol. The number of benzene rings is 1. The molecule has 102 valence electrons. The van der Waals surface area contributed by atoms with E-state index in [2.05, 4.69) is 25.2 Å². The van der Waals surface area contributed by atoms with E-state index in [9.17, 15) is 5.11 Å². The minimum absolute atomic E-state index is 0.0442. The summed E-state index contributed by atoms with van der Waals surface area (Å²) < 4.78 is 0. The fourth-order valence-electron chi connectivity index (χ4n) is 1.75. The minimum atomic E-state index is 0.0442. The van der Waals surface area contributed by atoms with Crippen molar-refractivity contribution in [3.05, 3.63) is 28.8 Å². The number of hydrogen-bond acceptors (Lipinski definition) is 3. The Balaban J connectivity index is 3.00. The number of aliphatic hydroxyl groups excluding tert-OH is 1. The number of nitrogens with one attached hydrogen (secondary N) is 1. The lowest BCUT2D eigenvalue weighted by Crippen LogP contribution is -2.33. The van der Waals surface area contributed by atoms with Crippen molar-refractivity contribution in [1.29, 1.82) is 0 Å². The van der Waals surface area contributed by atoms with Gasteiger partial charge in [-0.1, -0.05) is 37.6 Å². The van der Waals surface area contributed by atoms with Crippen LogP contribution in [0.4, 0.5) is 5.69 Å². The van der Waals surface area contributed by atoms with Crippen LogP contribution in [0.3, 0.4) is 0 Å². The van der Waals surface area contributed by atoms with Crippen LogP contribution in [-0.2, 0) is 6.54 Å². The molecule has 0 bridgehead atoms. The third-order valence-electron chi connectivity index (χ3n) is 3.05. The van der Waals surface area contributed by atoms with E-state index in [1.807, 2.05) is 31.0 Å². The van der Waals surface area contributed by atoms with Crippen molar-refractivity contribution in [1.82, 2.24) is 5.32 Å². The second kappa shape index (κ2) is 6.98. The topological polar surface area (TPSA) is 35.5 Å². The maximum Gasteiger partial charge on any atom is 0.0642 e. The number of likely N-dealkylation sites (N-methyl/N-ethyl adjacent to an activating group) is 1. The number of para-hydroxylation sites is 1. The van der Waals surface area contributed by atoms with Crippen LogP contribution in [0.15, 0.2) is 18.2 Å². The Morgan fingerprint density at radius 3 is 2.56 bits per heavy atom. The van der Waals surface area contributed by atoms with Gasteiger partial charge in [0.1, 0.15) is 0 Å². The average molecular weight is 271 g/mol. The van der Waals surface area contributed by atoms with Gasteiger partial charge in [0.05, 0.1) is 17.3 Å². The smallest absolute Gasteiger partial charge is 0.0642 e. The molecule has 0 amide bonds. The molecule has 4 heteroatoms. The van der Waals surface area contributed by atoms with Crippen LogP contribution in [0.25, 0.3) is 0 Å². The number of halogens is 1. The summed E-state index contributed by atoms with van der Waals surface area (Å²) in [6.45, 7) is 7.09. The molecule has 2 N–H and O–H groups in total. The van der Waals surface area contributed by atoms with Gasteiger partial charge in [0.15, 0.2) is 0 Å². The first kappa shape index (κ1) is 15.3. The predicted molar refractivity (Wildman–Crippen MR) is 78.4 cm³/mol. The van der Waals surface area contributed by atoms with Crippen LogP contribution in [0, 0.1) is 0 Å². The summed E-state index contributed by atoms with van der Waals surface area (Å²) in [5, 5.41) is 13.4. The van der Waals surface area contributed by atoms with Crippen LogP contribution in [0.5, 0.6) is 0 Å². The highest BCUT2D eigenvalue weighted by molar-refractivity contribution is 6.33. The number of nitrogens with zero attached hydrogens (tertiary/aromatic N) is 1. The maximum atomic E-state index is 9.27. The number of aliphatic hydroxyl groups is 1. The van der Waals surface area contributed by atoms with Crippen molar-refractivity contribution in [2.45, 2.75) is 39.4 Å². The lowest BCUT2D eigenvalue weighted by atomic mass is 10.1. The van der Waals surface area contributed by atoms with Gasteiger partial charge < -0.3 is 15.3 Å². The lowest BCUT2D eigenvalue weighted by molar-refractivity contribution is 0.270. The summed E-state index contributed by atoms with van der Waals surface area (Å²) in [5.74, 6) is 0. The van der Waals surface area contributed by atoms with Gasteiger partial charge in [-0.3, -0.25) is 0 Å². The largest absolute Gasteiger partial charge is 0.394 e. The molecule has 0 aliphatic heterocycles. The molecule has 0 aromatic heterocycles. The molecule has 0 spiro atoms. The number of anilines is 1. The molecule has 0 saturated heterocycles.